The lowest BCUT2D eigenvalue weighted by atomic mass is 9.83. The molecule has 0 amide bonds. The quantitative estimate of drug-likeness (QED) is 0.507. The zero-order valence-corrected chi connectivity index (χ0v) is 10.5. The molecule has 3 atom stereocenters. The van der Waals surface area contributed by atoms with Crippen LogP contribution in [0, 0.1) is 11.8 Å². The predicted molar refractivity (Wildman–Crippen MR) is 64.7 cm³/mol. The van der Waals surface area contributed by atoms with Gasteiger partial charge in [0.25, 0.3) is 0 Å². The lowest BCUT2D eigenvalue weighted by molar-refractivity contribution is -0.142. The standard InChI is InChI=1S/C12H17NO6/c1-6(2-3-9(14)15)8-5-13-11(12(18)19)7(8)4-10(16)17/h2,7-8,11,13H,3-5H2,1H3,(H,14,15)(H,16,17)(H,18,19)/b6-2-. The first-order chi connectivity index (χ1) is 8.82. The summed E-state index contributed by atoms with van der Waals surface area (Å²) in [7, 11) is 0. The molecule has 7 heteroatoms. The van der Waals surface area contributed by atoms with E-state index in [1.54, 1.807) is 6.92 Å². The molecule has 0 aliphatic carbocycles. The van der Waals surface area contributed by atoms with Crippen LogP contribution in [0.5, 0.6) is 0 Å². The lowest BCUT2D eigenvalue weighted by Gasteiger charge is -2.20. The molecule has 1 rings (SSSR count). The molecule has 0 aromatic rings. The van der Waals surface area contributed by atoms with Gasteiger partial charge in [0.2, 0.25) is 0 Å². The van der Waals surface area contributed by atoms with Crippen molar-refractivity contribution >= 4 is 17.9 Å². The van der Waals surface area contributed by atoms with Crippen molar-refractivity contribution in [1.29, 1.82) is 0 Å². The monoisotopic (exact) mass is 271 g/mol. The lowest BCUT2D eigenvalue weighted by Crippen LogP contribution is -2.36. The average Bonchev–Trinajstić information content (AvgIpc) is 2.68. The second-order valence-electron chi connectivity index (χ2n) is 4.64. The molecule has 7 nitrogen and oxygen atoms in total. The summed E-state index contributed by atoms with van der Waals surface area (Å²) in [4.78, 5) is 32.4. The van der Waals surface area contributed by atoms with Crippen molar-refractivity contribution in [2.75, 3.05) is 6.54 Å². The van der Waals surface area contributed by atoms with E-state index >= 15 is 0 Å². The molecular formula is C12H17NO6. The van der Waals surface area contributed by atoms with Gasteiger partial charge in [0.15, 0.2) is 0 Å². The highest BCUT2D eigenvalue weighted by Gasteiger charge is 2.41. The highest BCUT2D eigenvalue weighted by atomic mass is 16.4. The van der Waals surface area contributed by atoms with Gasteiger partial charge in [0, 0.05) is 12.5 Å². The molecule has 0 bridgehead atoms. The second-order valence-corrected chi connectivity index (χ2v) is 4.64. The van der Waals surface area contributed by atoms with Crippen molar-refractivity contribution in [3.63, 3.8) is 0 Å². The number of rotatable bonds is 6. The first-order valence-corrected chi connectivity index (χ1v) is 5.89. The zero-order valence-electron chi connectivity index (χ0n) is 10.5. The van der Waals surface area contributed by atoms with Crippen molar-refractivity contribution in [3.8, 4) is 0 Å². The Labute approximate surface area is 109 Å². The van der Waals surface area contributed by atoms with E-state index in [1.807, 2.05) is 0 Å². The van der Waals surface area contributed by atoms with Crippen molar-refractivity contribution in [3.05, 3.63) is 11.6 Å². The van der Waals surface area contributed by atoms with Crippen LogP contribution < -0.4 is 5.32 Å². The fourth-order valence-electron chi connectivity index (χ4n) is 2.42. The van der Waals surface area contributed by atoms with Gasteiger partial charge in [-0.2, -0.15) is 0 Å². The third kappa shape index (κ3) is 4.06. The molecule has 1 aliphatic heterocycles. The van der Waals surface area contributed by atoms with Crippen molar-refractivity contribution in [2.24, 2.45) is 11.8 Å². The summed E-state index contributed by atoms with van der Waals surface area (Å²) >= 11 is 0. The normalized spacial score (nSPS) is 27.2. The minimum Gasteiger partial charge on any atom is -0.481 e. The highest BCUT2D eigenvalue weighted by Crippen LogP contribution is 2.31. The van der Waals surface area contributed by atoms with Crippen molar-refractivity contribution in [1.82, 2.24) is 5.32 Å². The molecule has 4 N–H and O–H groups in total. The third-order valence-electron chi connectivity index (χ3n) is 3.36. The molecule has 1 heterocycles. The predicted octanol–water partition coefficient (Wildman–Crippen LogP) is 0.171. The fraction of sp³-hybridized carbons (Fsp3) is 0.583. The van der Waals surface area contributed by atoms with Gasteiger partial charge in [0.1, 0.15) is 6.04 Å². The van der Waals surface area contributed by atoms with E-state index in [-0.39, 0.29) is 18.8 Å². The minimum atomic E-state index is -1.08. The molecule has 1 fully saturated rings. The summed E-state index contributed by atoms with van der Waals surface area (Å²) in [6.07, 6.45) is 1.10. The summed E-state index contributed by atoms with van der Waals surface area (Å²) in [5.41, 5.74) is 0.713. The molecule has 0 aromatic carbocycles. The molecule has 0 spiro atoms. The Balaban J connectivity index is 2.86. The number of nitrogens with one attached hydrogen (secondary N) is 1. The van der Waals surface area contributed by atoms with Crippen LogP contribution in [0.2, 0.25) is 0 Å². The molecule has 3 unspecified atom stereocenters. The topological polar surface area (TPSA) is 124 Å². The van der Waals surface area contributed by atoms with Gasteiger partial charge in [0.05, 0.1) is 12.8 Å². The van der Waals surface area contributed by atoms with Gasteiger partial charge in [-0.15, -0.1) is 0 Å². The molecule has 0 radical (unpaired) electrons. The minimum absolute atomic E-state index is 0.153. The smallest absolute Gasteiger partial charge is 0.321 e. The molecule has 19 heavy (non-hydrogen) atoms. The largest absolute Gasteiger partial charge is 0.481 e. The first-order valence-electron chi connectivity index (χ1n) is 5.89. The maximum Gasteiger partial charge on any atom is 0.321 e. The van der Waals surface area contributed by atoms with E-state index in [4.69, 9.17) is 15.3 Å². The highest BCUT2D eigenvalue weighted by molar-refractivity contribution is 5.76. The number of carboxylic acid groups (broad SMARTS) is 3. The van der Waals surface area contributed by atoms with Crippen molar-refractivity contribution in [2.45, 2.75) is 25.8 Å². The van der Waals surface area contributed by atoms with Crippen LogP contribution in [-0.4, -0.2) is 45.8 Å². The maximum atomic E-state index is 11.1. The van der Waals surface area contributed by atoms with Crippen LogP contribution >= 0.6 is 0 Å². The Hall–Kier alpha value is -1.89. The van der Waals surface area contributed by atoms with Crippen molar-refractivity contribution < 1.29 is 29.7 Å². The van der Waals surface area contributed by atoms with E-state index in [0.717, 1.165) is 0 Å². The fourth-order valence-corrected chi connectivity index (χ4v) is 2.42. The van der Waals surface area contributed by atoms with Gasteiger partial charge >= 0.3 is 17.9 Å². The second kappa shape index (κ2) is 6.33. The van der Waals surface area contributed by atoms with E-state index < -0.39 is 29.9 Å². The molecule has 106 valence electrons. The zero-order chi connectivity index (χ0) is 14.6. The number of hydrogen-bond donors (Lipinski definition) is 4. The Morgan fingerprint density at radius 3 is 2.32 bits per heavy atom. The van der Waals surface area contributed by atoms with E-state index in [2.05, 4.69) is 5.32 Å². The summed E-state index contributed by atoms with van der Waals surface area (Å²) < 4.78 is 0. The van der Waals surface area contributed by atoms with Gasteiger partial charge in [-0.1, -0.05) is 11.6 Å². The van der Waals surface area contributed by atoms with Crippen LogP contribution in [0.3, 0.4) is 0 Å². The Bertz CT molecular complexity index is 416. The Morgan fingerprint density at radius 1 is 1.21 bits per heavy atom. The average molecular weight is 271 g/mol. The SMILES string of the molecule is C/C(=C/CC(=O)O)C1CNC(C(=O)O)C1CC(=O)O. The van der Waals surface area contributed by atoms with Gasteiger partial charge in [-0.3, -0.25) is 14.4 Å². The Kier molecular flexibility index (Phi) is 5.05. The number of carboxylic acids is 3. The third-order valence-corrected chi connectivity index (χ3v) is 3.36. The molecular weight excluding hydrogens is 254 g/mol. The molecule has 1 saturated heterocycles. The molecule has 1 aliphatic rings. The number of hydrogen-bond acceptors (Lipinski definition) is 4. The van der Waals surface area contributed by atoms with Crippen LogP contribution in [0.15, 0.2) is 11.6 Å². The number of carbonyl (C=O) groups is 3. The van der Waals surface area contributed by atoms with Crippen LogP contribution in [-0.2, 0) is 14.4 Å². The van der Waals surface area contributed by atoms with E-state index in [9.17, 15) is 14.4 Å². The van der Waals surface area contributed by atoms with E-state index in [1.165, 1.54) is 6.08 Å². The maximum absolute atomic E-state index is 11.1. The van der Waals surface area contributed by atoms with Gasteiger partial charge < -0.3 is 20.6 Å². The van der Waals surface area contributed by atoms with Gasteiger partial charge in [-0.25, -0.2) is 0 Å². The van der Waals surface area contributed by atoms with Crippen LogP contribution in [0.4, 0.5) is 0 Å². The molecule has 0 aromatic heterocycles. The summed E-state index contributed by atoms with van der Waals surface area (Å²) in [5.74, 6) is -3.96. The summed E-state index contributed by atoms with van der Waals surface area (Å²) in [6, 6.07) is -0.908. The van der Waals surface area contributed by atoms with Gasteiger partial charge in [-0.05, 0) is 12.8 Å². The van der Waals surface area contributed by atoms with Crippen LogP contribution in [0.25, 0.3) is 0 Å². The Morgan fingerprint density at radius 2 is 1.84 bits per heavy atom. The van der Waals surface area contributed by atoms with Crippen LogP contribution in [0.1, 0.15) is 19.8 Å². The summed E-state index contributed by atoms with van der Waals surface area (Å²) in [6.45, 7) is 2.05. The molecule has 0 saturated carbocycles. The first kappa shape index (κ1) is 15.2. The summed E-state index contributed by atoms with van der Waals surface area (Å²) in [5, 5.41) is 29.3. The number of aliphatic carboxylic acids is 3. The van der Waals surface area contributed by atoms with E-state index in [0.29, 0.717) is 12.1 Å².